The summed E-state index contributed by atoms with van der Waals surface area (Å²) in [5, 5.41) is 6.31. The van der Waals surface area contributed by atoms with Crippen molar-refractivity contribution in [3.05, 3.63) is 70.6 Å². The smallest absolute Gasteiger partial charge is 0.228 e. The van der Waals surface area contributed by atoms with Crippen molar-refractivity contribution in [1.82, 2.24) is 9.97 Å². The first-order valence-electron chi connectivity index (χ1n) is 10.7. The molecule has 0 spiro atoms. The van der Waals surface area contributed by atoms with Crippen molar-refractivity contribution in [2.24, 2.45) is 0 Å². The Hall–Kier alpha value is -3.19. The number of piperidine rings is 1. The molecule has 1 aromatic heterocycles. The Bertz CT molecular complexity index is 1080. The maximum absolute atomic E-state index is 13.9. The van der Waals surface area contributed by atoms with Crippen LogP contribution in [0.25, 0.3) is 0 Å². The molecule has 0 atom stereocenters. The largest absolute Gasteiger partial charge is 0.341 e. The molecule has 1 aliphatic heterocycles. The maximum Gasteiger partial charge on any atom is 0.228 e. The van der Waals surface area contributed by atoms with Crippen molar-refractivity contribution in [2.75, 3.05) is 28.6 Å². The fourth-order valence-corrected chi connectivity index (χ4v) is 3.93. The van der Waals surface area contributed by atoms with E-state index in [1.807, 2.05) is 25.1 Å². The summed E-state index contributed by atoms with van der Waals surface area (Å²) >= 11 is 6.00. The summed E-state index contributed by atoms with van der Waals surface area (Å²) in [6.45, 7) is 3.92. The van der Waals surface area contributed by atoms with Gasteiger partial charge >= 0.3 is 0 Å². The van der Waals surface area contributed by atoms with Crippen LogP contribution in [0.4, 0.5) is 27.5 Å². The molecule has 8 heteroatoms. The molecule has 166 valence electrons. The topological polar surface area (TPSA) is 70.2 Å². The summed E-state index contributed by atoms with van der Waals surface area (Å²) < 4.78 is 13.9. The minimum Gasteiger partial charge on any atom is -0.341 e. The van der Waals surface area contributed by atoms with Gasteiger partial charge in [-0.2, -0.15) is 4.98 Å². The monoisotopic (exact) mass is 453 g/mol. The second kappa shape index (κ2) is 9.96. The number of benzene rings is 2. The van der Waals surface area contributed by atoms with Crippen LogP contribution in [0.5, 0.6) is 0 Å². The lowest BCUT2D eigenvalue weighted by Gasteiger charge is -2.27. The zero-order valence-corrected chi connectivity index (χ0v) is 18.6. The minimum atomic E-state index is -0.490. The zero-order valence-electron chi connectivity index (χ0n) is 17.9. The average Bonchev–Trinajstić information content (AvgIpc) is 2.78. The van der Waals surface area contributed by atoms with E-state index in [0.29, 0.717) is 5.69 Å². The van der Waals surface area contributed by atoms with Gasteiger partial charge in [-0.25, -0.2) is 9.37 Å². The number of aryl methyl sites for hydroxylation is 1. The second-order valence-electron chi connectivity index (χ2n) is 7.87. The van der Waals surface area contributed by atoms with Crippen molar-refractivity contribution in [3.8, 4) is 0 Å². The molecule has 1 saturated heterocycles. The molecule has 4 rings (SSSR count). The third kappa shape index (κ3) is 5.53. The summed E-state index contributed by atoms with van der Waals surface area (Å²) in [4.78, 5) is 23.8. The summed E-state index contributed by atoms with van der Waals surface area (Å²) in [5.41, 5.74) is 2.54. The van der Waals surface area contributed by atoms with Gasteiger partial charge in [0.2, 0.25) is 11.9 Å². The summed E-state index contributed by atoms with van der Waals surface area (Å²) in [6.07, 6.45) is 3.45. The van der Waals surface area contributed by atoms with Gasteiger partial charge in [-0.05, 0) is 62.6 Å². The normalized spacial score (nSPS) is 13.7. The Labute approximate surface area is 191 Å². The molecule has 0 bridgehead atoms. The van der Waals surface area contributed by atoms with E-state index >= 15 is 0 Å². The second-order valence-corrected chi connectivity index (χ2v) is 8.28. The van der Waals surface area contributed by atoms with Gasteiger partial charge in [0.15, 0.2) is 0 Å². The van der Waals surface area contributed by atoms with E-state index in [4.69, 9.17) is 11.6 Å². The van der Waals surface area contributed by atoms with Gasteiger partial charge in [-0.15, -0.1) is 0 Å². The molecule has 0 aliphatic carbocycles. The van der Waals surface area contributed by atoms with Crippen LogP contribution in [0.2, 0.25) is 5.02 Å². The number of amides is 1. The van der Waals surface area contributed by atoms with Crippen molar-refractivity contribution >= 4 is 40.6 Å². The first kappa shape index (κ1) is 22.0. The lowest BCUT2D eigenvalue weighted by Crippen LogP contribution is -2.31. The minimum absolute atomic E-state index is 0.134. The third-order valence-corrected chi connectivity index (χ3v) is 5.68. The zero-order chi connectivity index (χ0) is 22.5. The number of carbonyl (C=O) groups is 1. The molecule has 0 unspecified atom stereocenters. The van der Waals surface area contributed by atoms with E-state index in [-0.39, 0.29) is 22.9 Å². The molecular formula is C24H25ClFN5O. The van der Waals surface area contributed by atoms with Crippen molar-refractivity contribution in [1.29, 1.82) is 0 Å². The average molecular weight is 454 g/mol. The molecule has 2 heterocycles. The van der Waals surface area contributed by atoms with E-state index in [2.05, 4.69) is 25.5 Å². The van der Waals surface area contributed by atoms with Crippen LogP contribution in [0.15, 0.2) is 48.5 Å². The van der Waals surface area contributed by atoms with Gasteiger partial charge < -0.3 is 15.5 Å². The van der Waals surface area contributed by atoms with Crippen LogP contribution in [-0.4, -0.2) is 29.0 Å². The number of nitrogens with zero attached hydrogens (tertiary/aromatic N) is 3. The number of halogens is 2. The van der Waals surface area contributed by atoms with Crippen LogP contribution < -0.4 is 15.5 Å². The molecule has 3 aromatic rings. The number of aromatic nitrogens is 2. The molecule has 32 heavy (non-hydrogen) atoms. The molecule has 6 nitrogen and oxygen atoms in total. The van der Waals surface area contributed by atoms with E-state index in [9.17, 15) is 9.18 Å². The van der Waals surface area contributed by atoms with Gasteiger partial charge in [0.25, 0.3) is 0 Å². The Morgan fingerprint density at radius 1 is 1.06 bits per heavy atom. The van der Waals surface area contributed by atoms with Crippen molar-refractivity contribution < 1.29 is 9.18 Å². The SMILES string of the molecule is Cc1cc(Nc2ccc(NC(=O)Cc3c(F)cccc3Cl)cc2)nc(N2CCCCC2)n1. The van der Waals surface area contributed by atoms with E-state index in [1.54, 1.807) is 18.2 Å². The van der Waals surface area contributed by atoms with Crippen molar-refractivity contribution in [3.63, 3.8) is 0 Å². The van der Waals surface area contributed by atoms with Crippen molar-refractivity contribution in [2.45, 2.75) is 32.6 Å². The number of rotatable bonds is 6. The maximum atomic E-state index is 13.9. The molecule has 2 N–H and O–H groups in total. The Morgan fingerprint density at radius 3 is 2.50 bits per heavy atom. The fraction of sp³-hybridized carbons (Fsp3) is 0.292. The van der Waals surface area contributed by atoms with Gasteiger partial charge in [0.05, 0.1) is 6.42 Å². The number of nitrogens with one attached hydrogen (secondary N) is 2. The fourth-order valence-electron chi connectivity index (χ4n) is 3.70. The summed E-state index contributed by atoms with van der Waals surface area (Å²) in [5.74, 6) is 0.651. The summed E-state index contributed by atoms with van der Waals surface area (Å²) in [6, 6.07) is 13.5. The highest BCUT2D eigenvalue weighted by atomic mass is 35.5. The van der Waals surface area contributed by atoms with Crippen LogP contribution in [-0.2, 0) is 11.2 Å². The van der Waals surface area contributed by atoms with E-state index < -0.39 is 5.82 Å². The first-order chi connectivity index (χ1) is 15.5. The summed E-state index contributed by atoms with van der Waals surface area (Å²) in [7, 11) is 0. The van der Waals surface area contributed by atoms with Crippen LogP contribution >= 0.6 is 11.6 Å². The van der Waals surface area contributed by atoms with Crippen LogP contribution in [0, 0.1) is 12.7 Å². The molecule has 1 fully saturated rings. The number of carbonyl (C=O) groups excluding carboxylic acids is 1. The molecule has 0 saturated carbocycles. The molecule has 1 amide bonds. The van der Waals surface area contributed by atoms with E-state index in [0.717, 1.165) is 49.1 Å². The predicted molar refractivity (Wildman–Crippen MR) is 126 cm³/mol. The van der Waals surface area contributed by atoms with E-state index in [1.165, 1.54) is 18.6 Å². The molecular weight excluding hydrogens is 429 g/mol. The first-order valence-corrected chi connectivity index (χ1v) is 11.1. The number of hydrogen-bond acceptors (Lipinski definition) is 5. The number of hydrogen-bond donors (Lipinski definition) is 2. The predicted octanol–water partition coefficient (Wildman–Crippen LogP) is 5.49. The standard InChI is InChI=1S/C24H25ClFN5O/c1-16-14-22(30-24(27-16)31-12-3-2-4-13-31)28-17-8-10-18(11-9-17)29-23(32)15-19-20(25)6-5-7-21(19)26/h5-11,14H,2-4,12-13,15H2,1H3,(H,29,32)(H,27,28,30). The molecule has 2 aromatic carbocycles. The Morgan fingerprint density at radius 2 is 1.78 bits per heavy atom. The molecule has 1 aliphatic rings. The number of anilines is 4. The van der Waals surface area contributed by atoms with Gasteiger partial charge in [-0.3, -0.25) is 4.79 Å². The Balaban J connectivity index is 1.40. The Kier molecular flexibility index (Phi) is 6.85. The van der Waals surface area contributed by atoms with Crippen LogP contribution in [0.3, 0.4) is 0 Å². The van der Waals surface area contributed by atoms with Gasteiger partial charge in [0, 0.05) is 46.8 Å². The van der Waals surface area contributed by atoms with Gasteiger partial charge in [-0.1, -0.05) is 17.7 Å². The highest BCUT2D eigenvalue weighted by Gasteiger charge is 2.15. The highest BCUT2D eigenvalue weighted by molar-refractivity contribution is 6.31. The lowest BCUT2D eigenvalue weighted by molar-refractivity contribution is -0.115. The third-order valence-electron chi connectivity index (χ3n) is 5.32. The van der Waals surface area contributed by atoms with Gasteiger partial charge in [0.1, 0.15) is 11.6 Å². The molecule has 0 radical (unpaired) electrons. The highest BCUT2D eigenvalue weighted by Crippen LogP contribution is 2.23. The van der Waals surface area contributed by atoms with Crippen LogP contribution in [0.1, 0.15) is 30.5 Å². The quantitative estimate of drug-likeness (QED) is 0.516. The lowest BCUT2D eigenvalue weighted by atomic mass is 10.1.